The number of amides is 1. The van der Waals surface area contributed by atoms with Gasteiger partial charge >= 0.3 is 5.91 Å². The molecule has 6 heteroatoms. The lowest BCUT2D eigenvalue weighted by molar-refractivity contribution is -0.426. The number of carbonyl (C=O) groups excluding carboxylic acids is 1. The molecule has 0 aliphatic carbocycles. The Hall–Kier alpha value is -3.67. The third kappa shape index (κ3) is 5.03. The van der Waals surface area contributed by atoms with E-state index in [9.17, 15) is 9.18 Å². The summed E-state index contributed by atoms with van der Waals surface area (Å²) in [5.41, 5.74) is 4.04. The van der Waals surface area contributed by atoms with E-state index in [4.69, 9.17) is 0 Å². The summed E-state index contributed by atoms with van der Waals surface area (Å²) < 4.78 is 16.3. The quantitative estimate of drug-likeness (QED) is 0.414. The van der Waals surface area contributed by atoms with Gasteiger partial charge in [0, 0.05) is 18.7 Å². The summed E-state index contributed by atoms with van der Waals surface area (Å²) in [5, 5.41) is 5.93. The highest BCUT2D eigenvalue weighted by Gasteiger charge is 2.32. The minimum absolute atomic E-state index is 0.00969. The molecule has 0 unspecified atom stereocenters. The predicted molar refractivity (Wildman–Crippen MR) is 118 cm³/mol. The van der Waals surface area contributed by atoms with E-state index < -0.39 is 12.1 Å². The number of carbonyl (C=O) groups is 1. The van der Waals surface area contributed by atoms with Crippen LogP contribution in [0.3, 0.4) is 0 Å². The number of hydrogen-bond acceptors (Lipinski definition) is 3. The Balaban J connectivity index is 1.82. The van der Waals surface area contributed by atoms with Crippen molar-refractivity contribution in [3.63, 3.8) is 0 Å². The van der Waals surface area contributed by atoms with Gasteiger partial charge < -0.3 is 5.32 Å². The van der Waals surface area contributed by atoms with Gasteiger partial charge in [0.15, 0.2) is 5.70 Å². The van der Waals surface area contributed by atoms with Crippen LogP contribution in [-0.4, -0.2) is 29.6 Å². The lowest BCUT2D eigenvalue weighted by Crippen LogP contribution is -2.26. The molecule has 0 saturated heterocycles. The van der Waals surface area contributed by atoms with Crippen LogP contribution in [0.15, 0.2) is 94.9 Å². The van der Waals surface area contributed by atoms with Crippen LogP contribution in [0.4, 0.5) is 4.39 Å². The van der Waals surface area contributed by atoms with E-state index in [2.05, 4.69) is 22.2 Å². The van der Waals surface area contributed by atoms with Crippen LogP contribution < -0.4 is 10.6 Å². The predicted octanol–water partition coefficient (Wildman–Crippen LogP) is 3.71. The Morgan fingerprint density at radius 3 is 2.83 bits per heavy atom. The SMILES string of the molecule is C=C1C=CNC(C2=NC=[N+](C)C2=CC=C(C(=O)NCc2ccccc2)[C+](F)CC)=C1. The normalized spacial score (nSPS) is 17.3. The van der Waals surface area contributed by atoms with Gasteiger partial charge in [-0.3, -0.25) is 5.32 Å². The van der Waals surface area contributed by atoms with Crippen LogP contribution >= 0.6 is 0 Å². The molecule has 0 fully saturated rings. The summed E-state index contributed by atoms with van der Waals surface area (Å²) in [6.07, 6.45) is 10.1. The van der Waals surface area contributed by atoms with Crippen molar-refractivity contribution in [3.05, 3.63) is 102 Å². The van der Waals surface area contributed by atoms with Crippen molar-refractivity contribution in [2.45, 2.75) is 19.9 Å². The molecule has 5 nitrogen and oxygen atoms in total. The number of nitrogens with one attached hydrogen (secondary N) is 2. The topological polar surface area (TPSA) is 56.5 Å². The Bertz CT molecular complexity index is 1010. The number of dihydropyridines is 1. The average molecular weight is 404 g/mol. The first-order valence-electron chi connectivity index (χ1n) is 9.73. The van der Waals surface area contributed by atoms with E-state index in [1.54, 1.807) is 25.5 Å². The molecule has 2 aliphatic rings. The molecule has 0 spiro atoms. The van der Waals surface area contributed by atoms with Gasteiger partial charge in [-0.15, -0.1) is 4.39 Å². The first-order chi connectivity index (χ1) is 14.5. The van der Waals surface area contributed by atoms with E-state index in [0.29, 0.717) is 12.3 Å². The van der Waals surface area contributed by atoms with Gasteiger partial charge in [0.1, 0.15) is 0 Å². The number of nitrogens with zero attached hydrogens (tertiary/aromatic N) is 2. The van der Waals surface area contributed by atoms with E-state index in [1.807, 2.05) is 54.1 Å². The second-order valence-electron chi connectivity index (χ2n) is 6.87. The van der Waals surface area contributed by atoms with Crippen molar-refractivity contribution < 1.29 is 13.8 Å². The summed E-state index contributed by atoms with van der Waals surface area (Å²) in [6.45, 7) is 5.95. The van der Waals surface area contributed by atoms with Gasteiger partial charge in [-0.05, 0) is 35.2 Å². The molecule has 152 valence electrons. The molecule has 2 heterocycles. The van der Waals surface area contributed by atoms with Gasteiger partial charge in [0.25, 0.3) is 6.34 Å². The molecular formula is C24H25FN4O+2. The lowest BCUT2D eigenvalue weighted by atomic mass is 10.0. The zero-order valence-corrected chi connectivity index (χ0v) is 17.2. The fraction of sp³-hybridized carbons (Fsp3) is 0.167. The molecule has 1 aromatic carbocycles. The van der Waals surface area contributed by atoms with Crippen molar-refractivity contribution in [2.75, 3.05) is 7.05 Å². The number of benzene rings is 1. The Kier molecular flexibility index (Phi) is 6.80. The van der Waals surface area contributed by atoms with E-state index >= 15 is 0 Å². The number of rotatable bonds is 7. The van der Waals surface area contributed by atoms with Gasteiger partial charge in [-0.1, -0.05) is 36.9 Å². The van der Waals surface area contributed by atoms with Crippen molar-refractivity contribution in [1.29, 1.82) is 0 Å². The van der Waals surface area contributed by atoms with Gasteiger partial charge in [0.2, 0.25) is 17.5 Å². The summed E-state index contributed by atoms with van der Waals surface area (Å²) in [7, 11) is 1.85. The number of halogens is 1. The molecule has 1 aromatic rings. The Labute approximate surface area is 176 Å². The molecule has 0 radical (unpaired) electrons. The Morgan fingerprint density at radius 2 is 2.13 bits per heavy atom. The maximum atomic E-state index is 14.5. The fourth-order valence-electron chi connectivity index (χ4n) is 3.01. The molecule has 30 heavy (non-hydrogen) atoms. The van der Waals surface area contributed by atoms with Crippen LogP contribution in [-0.2, 0) is 11.3 Å². The van der Waals surface area contributed by atoms with Crippen molar-refractivity contribution in [2.24, 2.45) is 4.99 Å². The summed E-state index contributed by atoms with van der Waals surface area (Å²) >= 11 is 0. The summed E-state index contributed by atoms with van der Waals surface area (Å²) in [5.74, 6) is -0.454. The van der Waals surface area contributed by atoms with Gasteiger partial charge in [-0.25, -0.2) is 4.58 Å². The molecule has 1 amide bonds. The standard InChI is InChI=1S/C24H24FN4O/c1-4-20(25)19(24(30)27-15-18-8-6-5-7-9-18)10-11-22-23(28-16-29(22)3)21-14-17(2)12-13-26-21/h5-14,16,26H,2,4,15H2,1,3H3/q+1/p+1. The maximum absolute atomic E-state index is 14.5. The van der Waals surface area contributed by atoms with E-state index in [0.717, 1.165) is 22.5 Å². The van der Waals surface area contributed by atoms with Crippen LogP contribution in [0.25, 0.3) is 0 Å². The number of allylic oxidation sites excluding steroid dienone is 5. The smallest absolute Gasteiger partial charge is 0.358 e. The van der Waals surface area contributed by atoms with Crippen LogP contribution in [0.5, 0.6) is 0 Å². The third-order valence-corrected chi connectivity index (χ3v) is 4.65. The maximum Gasteiger partial charge on any atom is 0.363 e. The molecular weight excluding hydrogens is 379 g/mol. The van der Waals surface area contributed by atoms with Gasteiger partial charge in [0.05, 0.1) is 25.4 Å². The highest BCUT2D eigenvalue weighted by molar-refractivity contribution is 6.15. The first-order valence-corrected chi connectivity index (χ1v) is 9.73. The zero-order valence-electron chi connectivity index (χ0n) is 17.2. The lowest BCUT2D eigenvalue weighted by Gasteiger charge is -2.09. The van der Waals surface area contributed by atoms with Crippen molar-refractivity contribution in [3.8, 4) is 0 Å². The molecule has 0 aromatic heterocycles. The minimum Gasteiger partial charge on any atom is -0.358 e. The average Bonchev–Trinajstić information content (AvgIpc) is 3.13. The largest absolute Gasteiger partial charge is 0.363 e. The molecule has 0 saturated carbocycles. The van der Waals surface area contributed by atoms with Crippen molar-refractivity contribution >= 4 is 18.0 Å². The molecule has 0 atom stereocenters. The highest BCUT2D eigenvalue weighted by Crippen LogP contribution is 2.22. The molecule has 0 bridgehead atoms. The summed E-state index contributed by atoms with van der Waals surface area (Å²) in [4.78, 5) is 17.1. The molecule has 2 N–H and O–H groups in total. The second-order valence-corrected chi connectivity index (χ2v) is 6.87. The Morgan fingerprint density at radius 1 is 1.37 bits per heavy atom. The van der Waals surface area contributed by atoms with Gasteiger partial charge in [-0.2, -0.15) is 4.79 Å². The highest BCUT2D eigenvalue weighted by atomic mass is 19.1. The number of aliphatic imine (C=N–C) groups is 1. The third-order valence-electron chi connectivity index (χ3n) is 4.65. The van der Waals surface area contributed by atoms with Crippen molar-refractivity contribution in [1.82, 2.24) is 10.6 Å². The van der Waals surface area contributed by atoms with Crippen LogP contribution in [0.1, 0.15) is 18.9 Å². The molecule has 3 rings (SSSR count). The monoisotopic (exact) mass is 404 g/mol. The number of hydrogen-bond donors (Lipinski definition) is 2. The van der Waals surface area contributed by atoms with E-state index in [1.165, 1.54) is 6.08 Å². The van der Waals surface area contributed by atoms with Crippen LogP contribution in [0, 0.1) is 6.17 Å². The molecule has 2 aliphatic heterocycles. The first kappa shape index (κ1) is 21.0. The summed E-state index contributed by atoms with van der Waals surface area (Å²) in [6, 6.07) is 9.51. The zero-order chi connectivity index (χ0) is 21.5. The van der Waals surface area contributed by atoms with E-state index in [-0.39, 0.29) is 12.0 Å². The fourth-order valence-corrected chi connectivity index (χ4v) is 3.01. The second kappa shape index (κ2) is 9.69. The van der Waals surface area contributed by atoms with Crippen LogP contribution in [0.2, 0.25) is 0 Å². The minimum atomic E-state index is -0.466.